The lowest BCUT2D eigenvalue weighted by molar-refractivity contribution is 0.0954. The highest BCUT2D eigenvalue weighted by Crippen LogP contribution is 2.15. The number of carbonyl (C=O) groups is 1. The van der Waals surface area contributed by atoms with Crippen molar-refractivity contribution in [1.82, 2.24) is 20.1 Å². The van der Waals surface area contributed by atoms with Crippen molar-refractivity contribution >= 4 is 23.4 Å². The quantitative estimate of drug-likeness (QED) is 0.785. The number of carbonyl (C=O) groups excluding carboxylic acids is 1. The molecule has 0 aliphatic carbocycles. The molecular formula is C16H23N5OS. The molecule has 0 aliphatic rings. The van der Waals surface area contributed by atoms with E-state index in [9.17, 15) is 4.79 Å². The van der Waals surface area contributed by atoms with Crippen LogP contribution in [0, 0.1) is 0 Å². The molecule has 0 saturated heterocycles. The fraction of sp³-hybridized carbons (Fsp3) is 0.438. The van der Waals surface area contributed by atoms with Crippen LogP contribution in [0.15, 0.2) is 29.4 Å². The van der Waals surface area contributed by atoms with Gasteiger partial charge in [0.05, 0.1) is 0 Å². The molecule has 0 radical (unpaired) electrons. The van der Waals surface area contributed by atoms with Crippen molar-refractivity contribution in [2.45, 2.75) is 18.5 Å². The minimum absolute atomic E-state index is 0.0703. The maximum atomic E-state index is 12.2. The van der Waals surface area contributed by atoms with E-state index in [-0.39, 0.29) is 5.91 Å². The van der Waals surface area contributed by atoms with Gasteiger partial charge in [-0.2, -0.15) is 0 Å². The van der Waals surface area contributed by atoms with Gasteiger partial charge in [0.1, 0.15) is 5.82 Å². The zero-order chi connectivity index (χ0) is 16.8. The molecule has 1 aromatic carbocycles. The maximum absolute atomic E-state index is 12.2. The van der Waals surface area contributed by atoms with Crippen molar-refractivity contribution in [3.8, 4) is 0 Å². The minimum atomic E-state index is -0.0703. The number of anilines is 1. The van der Waals surface area contributed by atoms with Crippen LogP contribution < -0.4 is 10.2 Å². The Morgan fingerprint density at radius 3 is 2.83 bits per heavy atom. The van der Waals surface area contributed by atoms with E-state index < -0.39 is 0 Å². The molecule has 124 valence electrons. The second kappa shape index (κ2) is 8.01. The first-order chi connectivity index (χ1) is 11.0. The Kier molecular flexibility index (Phi) is 6.04. The average Bonchev–Trinajstić information content (AvgIpc) is 2.88. The Morgan fingerprint density at radius 1 is 1.35 bits per heavy atom. The summed E-state index contributed by atoms with van der Waals surface area (Å²) in [5.74, 6) is 1.77. The Balaban J connectivity index is 1.91. The molecule has 0 atom stereocenters. The third-order valence-corrected chi connectivity index (χ3v) is 4.36. The summed E-state index contributed by atoms with van der Waals surface area (Å²) in [4.78, 5) is 14.2. The van der Waals surface area contributed by atoms with E-state index in [1.54, 1.807) is 11.8 Å². The summed E-state index contributed by atoms with van der Waals surface area (Å²) in [7, 11) is 5.86. The first-order valence-corrected chi connectivity index (χ1v) is 8.58. The number of nitrogens with zero attached hydrogens (tertiary/aromatic N) is 4. The van der Waals surface area contributed by atoms with Crippen LogP contribution in [-0.2, 0) is 13.5 Å². The molecule has 0 saturated carbocycles. The Morgan fingerprint density at radius 2 is 2.13 bits per heavy atom. The average molecular weight is 333 g/mol. The van der Waals surface area contributed by atoms with Gasteiger partial charge in [-0.25, -0.2) is 0 Å². The van der Waals surface area contributed by atoms with Gasteiger partial charge >= 0.3 is 0 Å². The van der Waals surface area contributed by atoms with E-state index >= 15 is 0 Å². The zero-order valence-electron chi connectivity index (χ0n) is 14.0. The Bertz CT molecular complexity index is 668. The van der Waals surface area contributed by atoms with E-state index in [0.717, 1.165) is 22.4 Å². The van der Waals surface area contributed by atoms with Crippen molar-refractivity contribution in [1.29, 1.82) is 0 Å². The Labute approximate surface area is 141 Å². The first kappa shape index (κ1) is 17.3. The predicted octanol–water partition coefficient (Wildman–Crippen LogP) is 1.97. The van der Waals surface area contributed by atoms with E-state index in [1.807, 2.05) is 54.9 Å². The molecule has 0 spiro atoms. The number of nitrogens with one attached hydrogen (secondary N) is 1. The summed E-state index contributed by atoms with van der Waals surface area (Å²) in [6, 6.07) is 7.57. The molecule has 7 heteroatoms. The molecule has 6 nitrogen and oxygen atoms in total. The summed E-state index contributed by atoms with van der Waals surface area (Å²) in [6.45, 7) is 2.62. The van der Waals surface area contributed by atoms with Crippen LogP contribution in [0.1, 0.15) is 23.1 Å². The topological polar surface area (TPSA) is 63.1 Å². The van der Waals surface area contributed by atoms with Crippen LogP contribution in [0.5, 0.6) is 0 Å². The van der Waals surface area contributed by atoms with Crippen LogP contribution in [0.2, 0.25) is 0 Å². The zero-order valence-corrected chi connectivity index (χ0v) is 14.9. The number of thioether (sulfide) groups is 1. The van der Waals surface area contributed by atoms with E-state index in [0.29, 0.717) is 18.5 Å². The molecule has 1 heterocycles. The number of hydrogen-bond donors (Lipinski definition) is 1. The molecule has 0 unspecified atom stereocenters. The first-order valence-electron chi connectivity index (χ1n) is 7.59. The molecular weight excluding hydrogens is 310 g/mol. The van der Waals surface area contributed by atoms with Gasteiger partial charge in [0, 0.05) is 45.4 Å². The number of amides is 1. The van der Waals surface area contributed by atoms with Crippen LogP contribution >= 0.6 is 11.8 Å². The summed E-state index contributed by atoms with van der Waals surface area (Å²) < 4.78 is 1.98. The maximum Gasteiger partial charge on any atom is 0.251 e. The van der Waals surface area contributed by atoms with Gasteiger partial charge in [-0.1, -0.05) is 24.8 Å². The number of aromatic nitrogens is 3. The summed E-state index contributed by atoms with van der Waals surface area (Å²) in [5.41, 5.74) is 1.67. The van der Waals surface area contributed by atoms with Gasteiger partial charge in [0.25, 0.3) is 5.91 Å². The van der Waals surface area contributed by atoms with Gasteiger partial charge in [0.2, 0.25) is 0 Å². The molecule has 23 heavy (non-hydrogen) atoms. The Hall–Kier alpha value is -2.02. The van der Waals surface area contributed by atoms with Crippen LogP contribution in [0.3, 0.4) is 0 Å². The smallest absolute Gasteiger partial charge is 0.251 e. The number of rotatable bonds is 7. The number of hydrogen-bond acceptors (Lipinski definition) is 5. The van der Waals surface area contributed by atoms with Crippen molar-refractivity contribution in [3.63, 3.8) is 0 Å². The lowest BCUT2D eigenvalue weighted by atomic mass is 10.2. The van der Waals surface area contributed by atoms with Gasteiger partial charge in [-0.15, -0.1) is 10.2 Å². The van der Waals surface area contributed by atoms with Crippen LogP contribution in [0.4, 0.5) is 5.69 Å². The lowest BCUT2D eigenvalue weighted by Gasteiger charge is -2.13. The van der Waals surface area contributed by atoms with Gasteiger partial charge in [-0.05, 0) is 24.0 Å². The van der Waals surface area contributed by atoms with E-state index in [4.69, 9.17) is 0 Å². The highest BCUT2D eigenvalue weighted by molar-refractivity contribution is 7.99. The summed E-state index contributed by atoms with van der Waals surface area (Å²) >= 11 is 1.66. The SMILES string of the molecule is CCSc1nnc(CCNC(=O)c2cccc(N(C)C)c2)n1C. The molecule has 2 rings (SSSR count). The number of benzene rings is 1. The van der Waals surface area contributed by atoms with Crippen molar-refractivity contribution in [3.05, 3.63) is 35.7 Å². The van der Waals surface area contributed by atoms with Gasteiger partial charge < -0.3 is 14.8 Å². The molecule has 0 aliphatic heterocycles. The normalized spacial score (nSPS) is 10.6. The van der Waals surface area contributed by atoms with Crippen molar-refractivity contribution in [2.75, 3.05) is 31.3 Å². The fourth-order valence-electron chi connectivity index (χ4n) is 2.13. The monoisotopic (exact) mass is 333 g/mol. The summed E-state index contributed by atoms with van der Waals surface area (Å²) in [6.07, 6.45) is 0.660. The molecule has 1 N–H and O–H groups in total. The molecule has 0 bridgehead atoms. The van der Waals surface area contributed by atoms with Gasteiger partial charge in [0.15, 0.2) is 5.16 Å². The minimum Gasteiger partial charge on any atom is -0.378 e. The summed E-state index contributed by atoms with van der Waals surface area (Å²) in [5, 5.41) is 12.2. The largest absolute Gasteiger partial charge is 0.378 e. The molecule has 1 amide bonds. The fourth-order valence-corrected chi connectivity index (χ4v) is 2.79. The molecule has 0 fully saturated rings. The van der Waals surface area contributed by atoms with E-state index in [1.165, 1.54) is 0 Å². The predicted molar refractivity (Wildman–Crippen MR) is 94.2 cm³/mol. The standard InChI is InChI=1S/C16H23N5OS/c1-5-23-16-19-18-14(21(16)4)9-10-17-15(22)12-7-6-8-13(11-12)20(2)3/h6-8,11H,5,9-10H2,1-4H3,(H,17,22). The van der Waals surface area contributed by atoms with E-state index in [2.05, 4.69) is 22.4 Å². The lowest BCUT2D eigenvalue weighted by Crippen LogP contribution is -2.26. The van der Waals surface area contributed by atoms with Crippen molar-refractivity contribution in [2.24, 2.45) is 7.05 Å². The third-order valence-electron chi connectivity index (χ3n) is 3.46. The molecule has 1 aromatic heterocycles. The van der Waals surface area contributed by atoms with Gasteiger partial charge in [-0.3, -0.25) is 4.79 Å². The van der Waals surface area contributed by atoms with Crippen LogP contribution in [-0.4, -0.2) is 47.1 Å². The van der Waals surface area contributed by atoms with Crippen LogP contribution in [0.25, 0.3) is 0 Å². The molecule has 2 aromatic rings. The second-order valence-electron chi connectivity index (χ2n) is 5.34. The third kappa shape index (κ3) is 4.48. The highest BCUT2D eigenvalue weighted by atomic mass is 32.2. The highest BCUT2D eigenvalue weighted by Gasteiger charge is 2.10. The van der Waals surface area contributed by atoms with Crippen molar-refractivity contribution < 1.29 is 4.79 Å². The second-order valence-corrected chi connectivity index (χ2v) is 6.57.